The number of carbonyl (C=O) groups excluding carboxylic acids is 1. The maximum Gasteiger partial charge on any atom is 0.256 e. The van der Waals surface area contributed by atoms with Crippen LogP contribution in [-0.4, -0.2) is 56.1 Å². The fraction of sp³-hybridized carbons (Fsp3) is 0.269. The van der Waals surface area contributed by atoms with Gasteiger partial charge < -0.3 is 4.90 Å². The average molecular weight is 500 g/mol. The van der Waals surface area contributed by atoms with Gasteiger partial charge in [0, 0.05) is 26.2 Å². The van der Waals surface area contributed by atoms with E-state index in [9.17, 15) is 22.0 Å². The van der Waals surface area contributed by atoms with Gasteiger partial charge in [0.1, 0.15) is 11.6 Å². The number of piperazine rings is 1. The Kier molecular flexibility index (Phi) is 7.47. The normalized spacial score (nSPS) is 14.8. The van der Waals surface area contributed by atoms with E-state index >= 15 is 0 Å². The van der Waals surface area contributed by atoms with Gasteiger partial charge in [-0.15, -0.1) is 0 Å². The molecule has 184 valence electrons. The van der Waals surface area contributed by atoms with E-state index in [-0.39, 0.29) is 35.0 Å². The van der Waals surface area contributed by atoms with Crippen molar-refractivity contribution in [3.63, 3.8) is 0 Å². The highest BCUT2D eigenvalue weighted by Crippen LogP contribution is 2.30. The van der Waals surface area contributed by atoms with Crippen molar-refractivity contribution in [2.24, 2.45) is 0 Å². The third-order valence-corrected chi connectivity index (χ3v) is 7.43. The van der Waals surface area contributed by atoms with Gasteiger partial charge in [0.15, 0.2) is 0 Å². The van der Waals surface area contributed by atoms with Crippen LogP contribution in [0.15, 0.2) is 72.8 Å². The van der Waals surface area contributed by atoms with Gasteiger partial charge in [-0.2, -0.15) is 0 Å². The van der Waals surface area contributed by atoms with E-state index in [1.54, 1.807) is 53.4 Å². The lowest BCUT2D eigenvalue weighted by atomic mass is 9.96. The molecule has 3 aromatic rings. The molecule has 0 bridgehead atoms. The number of nitrogens with one attached hydrogen (secondary N) is 1. The van der Waals surface area contributed by atoms with E-state index in [0.717, 1.165) is 11.1 Å². The van der Waals surface area contributed by atoms with Crippen molar-refractivity contribution in [3.05, 3.63) is 101 Å². The Morgan fingerprint density at radius 3 is 1.89 bits per heavy atom. The zero-order chi connectivity index (χ0) is 25.0. The molecule has 35 heavy (non-hydrogen) atoms. The van der Waals surface area contributed by atoms with Crippen LogP contribution in [0.3, 0.4) is 0 Å². The van der Waals surface area contributed by atoms with Crippen LogP contribution in [0.4, 0.5) is 14.5 Å². The lowest BCUT2D eigenvalue weighted by Gasteiger charge is -2.40. The second-order valence-corrected chi connectivity index (χ2v) is 10.4. The Morgan fingerprint density at radius 1 is 0.857 bits per heavy atom. The Labute approximate surface area is 204 Å². The van der Waals surface area contributed by atoms with Gasteiger partial charge in [0.05, 0.1) is 23.0 Å². The van der Waals surface area contributed by atoms with Crippen LogP contribution in [0, 0.1) is 11.6 Å². The maximum atomic E-state index is 13.6. The summed E-state index contributed by atoms with van der Waals surface area (Å²) in [4.78, 5) is 17.1. The van der Waals surface area contributed by atoms with Crippen molar-refractivity contribution in [2.45, 2.75) is 13.0 Å². The van der Waals surface area contributed by atoms with Gasteiger partial charge in [-0.1, -0.05) is 36.4 Å². The molecular formula is C26H27F2N3O3S. The van der Waals surface area contributed by atoms with Crippen LogP contribution in [0.2, 0.25) is 0 Å². The summed E-state index contributed by atoms with van der Waals surface area (Å²) in [5.41, 5.74) is 2.30. The van der Waals surface area contributed by atoms with Crippen molar-refractivity contribution in [3.8, 4) is 0 Å². The third kappa shape index (κ3) is 5.86. The Hall–Kier alpha value is -3.30. The summed E-state index contributed by atoms with van der Waals surface area (Å²) >= 11 is 0. The number of hydrogen-bond acceptors (Lipinski definition) is 4. The molecule has 0 aliphatic carbocycles. The standard InChI is InChI=1S/C26H27F2N3O3S/c1-2-35(33,34)29-24-6-4-3-5-23(24)26(32)31-17-15-30(16-18-31)25(19-7-11-21(27)12-8-19)20-9-13-22(28)14-10-20/h3-14,25,29H,2,15-18H2,1H3. The molecule has 1 saturated heterocycles. The van der Waals surface area contributed by atoms with Crippen molar-refractivity contribution < 1.29 is 22.0 Å². The quantitative estimate of drug-likeness (QED) is 0.527. The van der Waals surface area contributed by atoms with Crippen molar-refractivity contribution >= 4 is 21.6 Å². The fourth-order valence-corrected chi connectivity index (χ4v) is 4.91. The molecule has 0 spiro atoms. The van der Waals surface area contributed by atoms with Crippen LogP contribution in [-0.2, 0) is 10.0 Å². The molecule has 1 aliphatic rings. The summed E-state index contributed by atoms with van der Waals surface area (Å²) in [7, 11) is -3.53. The summed E-state index contributed by atoms with van der Waals surface area (Å²) in [5, 5.41) is 0. The monoisotopic (exact) mass is 499 g/mol. The highest BCUT2D eigenvalue weighted by Gasteiger charge is 2.29. The molecule has 0 atom stereocenters. The van der Waals surface area contributed by atoms with Crippen molar-refractivity contribution in [1.29, 1.82) is 0 Å². The predicted octanol–water partition coefficient (Wildman–Crippen LogP) is 4.27. The summed E-state index contributed by atoms with van der Waals surface area (Å²) in [6, 6.07) is 18.8. The number of para-hydroxylation sites is 1. The van der Waals surface area contributed by atoms with E-state index in [2.05, 4.69) is 9.62 Å². The first-order chi connectivity index (χ1) is 16.8. The second kappa shape index (κ2) is 10.5. The SMILES string of the molecule is CCS(=O)(=O)Nc1ccccc1C(=O)N1CCN(C(c2ccc(F)cc2)c2ccc(F)cc2)CC1. The van der Waals surface area contributed by atoms with E-state index in [1.165, 1.54) is 31.2 Å². The van der Waals surface area contributed by atoms with E-state index < -0.39 is 10.0 Å². The lowest BCUT2D eigenvalue weighted by Crippen LogP contribution is -2.50. The summed E-state index contributed by atoms with van der Waals surface area (Å²) in [5.74, 6) is -1.01. The smallest absolute Gasteiger partial charge is 0.256 e. The number of carbonyl (C=O) groups is 1. The Morgan fingerprint density at radius 2 is 1.37 bits per heavy atom. The van der Waals surface area contributed by atoms with Crippen LogP contribution in [0.25, 0.3) is 0 Å². The predicted molar refractivity (Wildman–Crippen MR) is 132 cm³/mol. The Balaban J connectivity index is 1.53. The molecular weight excluding hydrogens is 472 g/mol. The molecule has 0 unspecified atom stereocenters. The van der Waals surface area contributed by atoms with E-state index in [0.29, 0.717) is 31.7 Å². The molecule has 1 aliphatic heterocycles. The fourth-order valence-electron chi connectivity index (χ4n) is 4.26. The first kappa shape index (κ1) is 24.8. The Bertz CT molecular complexity index is 1230. The zero-order valence-corrected chi connectivity index (χ0v) is 20.1. The molecule has 0 aromatic heterocycles. The van der Waals surface area contributed by atoms with Crippen molar-refractivity contribution in [1.82, 2.24) is 9.80 Å². The van der Waals surface area contributed by atoms with Gasteiger partial charge in [0.25, 0.3) is 5.91 Å². The number of benzene rings is 3. The number of hydrogen-bond donors (Lipinski definition) is 1. The highest BCUT2D eigenvalue weighted by molar-refractivity contribution is 7.92. The molecule has 4 rings (SSSR count). The summed E-state index contributed by atoms with van der Waals surface area (Å²) < 4.78 is 53.7. The summed E-state index contributed by atoms with van der Waals surface area (Å²) in [6.45, 7) is 3.45. The lowest BCUT2D eigenvalue weighted by molar-refractivity contribution is 0.0598. The van der Waals surface area contributed by atoms with Crippen LogP contribution in [0.5, 0.6) is 0 Å². The number of nitrogens with zero attached hydrogens (tertiary/aromatic N) is 2. The maximum absolute atomic E-state index is 13.6. The van der Waals surface area contributed by atoms with Gasteiger partial charge in [-0.3, -0.25) is 14.4 Å². The largest absolute Gasteiger partial charge is 0.336 e. The first-order valence-corrected chi connectivity index (χ1v) is 13.1. The number of rotatable bonds is 7. The molecule has 1 amide bonds. The molecule has 0 radical (unpaired) electrons. The molecule has 1 fully saturated rings. The van der Waals surface area contributed by atoms with Gasteiger partial charge in [-0.25, -0.2) is 17.2 Å². The molecule has 1 heterocycles. The molecule has 0 saturated carbocycles. The van der Waals surface area contributed by atoms with Gasteiger partial charge in [-0.05, 0) is 54.4 Å². The second-order valence-electron chi connectivity index (χ2n) is 8.38. The molecule has 1 N–H and O–H groups in total. The first-order valence-electron chi connectivity index (χ1n) is 11.4. The van der Waals surface area contributed by atoms with Crippen LogP contribution < -0.4 is 4.72 Å². The van der Waals surface area contributed by atoms with Crippen LogP contribution >= 0.6 is 0 Å². The molecule has 9 heteroatoms. The minimum Gasteiger partial charge on any atom is -0.336 e. The van der Waals surface area contributed by atoms with Gasteiger partial charge >= 0.3 is 0 Å². The number of sulfonamides is 1. The minimum atomic E-state index is -3.53. The van der Waals surface area contributed by atoms with E-state index in [1.807, 2.05) is 0 Å². The third-order valence-electron chi connectivity index (χ3n) is 6.14. The van der Waals surface area contributed by atoms with Crippen molar-refractivity contribution in [2.75, 3.05) is 36.7 Å². The van der Waals surface area contributed by atoms with E-state index in [4.69, 9.17) is 0 Å². The molecule has 3 aromatic carbocycles. The summed E-state index contributed by atoms with van der Waals surface area (Å²) in [6.07, 6.45) is 0. The topological polar surface area (TPSA) is 69.7 Å². The van der Waals surface area contributed by atoms with Crippen LogP contribution in [0.1, 0.15) is 34.5 Å². The number of amides is 1. The van der Waals surface area contributed by atoms with Gasteiger partial charge in [0.2, 0.25) is 10.0 Å². The average Bonchev–Trinajstić information content (AvgIpc) is 2.87. The zero-order valence-electron chi connectivity index (χ0n) is 19.3. The number of halogens is 2. The number of anilines is 1. The minimum absolute atomic E-state index is 0.0949. The molecule has 6 nitrogen and oxygen atoms in total. The highest BCUT2D eigenvalue weighted by atomic mass is 32.2.